The van der Waals surface area contributed by atoms with Crippen LogP contribution in [0.5, 0.6) is 0 Å². The van der Waals surface area contributed by atoms with Crippen molar-refractivity contribution in [1.82, 2.24) is 14.8 Å². The number of hydrogen-bond donors (Lipinski definition) is 1. The number of aromatic nitrogens is 3. The van der Waals surface area contributed by atoms with E-state index < -0.39 is 0 Å². The molecular formula is C5H10N3NaS. The van der Waals surface area contributed by atoms with Crippen molar-refractivity contribution in [2.45, 2.75) is 25.0 Å². The fraction of sp³-hybridized carbons (Fsp3) is 0.600. The minimum atomic E-state index is 0. The van der Waals surface area contributed by atoms with Crippen molar-refractivity contribution >= 4 is 42.2 Å². The third-order valence-electron chi connectivity index (χ3n) is 1.11. The van der Waals surface area contributed by atoms with Crippen LogP contribution in [-0.4, -0.2) is 44.3 Å². The second-order valence-corrected chi connectivity index (χ2v) is 2.53. The molecule has 5 heteroatoms. The van der Waals surface area contributed by atoms with Crippen LogP contribution in [0.1, 0.15) is 19.9 Å². The SMILES string of the molecule is CC(C)n1cnnc1S.[NaH]. The average molecular weight is 167 g/mol. The summed E-state index contributed by atoms with van der Waals surface area (Å²) in [5.74, 6) is 0. The van der Waals surface area contributed by atoms with Gasteiger partial charge in [0.15, 0.2) is 5.16 Å². The molecule has 52 valence electrons. The first-order valence-corrected chi connectivity index (χ1v) is 3.25. The van der Waals surface area contributed by atoms with Crippen LogP contribution < -0.4 is 0 Å². The quantitative estimate of drug-likeness (QED) is 0.487. The predicted octanol–water partition coefficient (Wildman–Crippen LogP) is 0.499. The standard InChI is InChI=1S/C5H9N3S.Na.H/c1-4(2)8-3-6-7-5(8)9;;/h3-4H,1-2H3,(H,7,9);;. The van der Waals surface area contributed by atoms with Crippen LogP contribution in [0.25, 0.3) is 0 Å². The van der Waals surface area contributed by atoms with E-state index in [9.17, 15) is 0 Å². The predicted molar refractivity (Wildman–Crippen MR) is 44.8 cm³/mol. The molecule has 0 atom stereocenters. The van der Waals surface area contributed by atoms with E-state index in [-0.39, 0.29) is 29.6 Å². The second-order valence-electron chi connectivity index (χ2n) is 2.13. The third-order valence-corrected chi connectivity index (χ3v) is 1.43. The summed E-state index contributed by atoms with van der Waals surface area (Å²) in [6, 6.07) is 0.396. The number of hydrogen-bond acceptors (Lipinski definition) is 3. The van der Waals surface area contributed by atoms with Gasteiger partial charge in [-0.05, 0) is 13.8 Å². The van der Waals surface area contributed by atoms with Crippen molar-refractivity contribution in [3.8, 4) is 0 Å². The Morgan fingerprint density at radius 3 is 2.40 bits per heavy atom. The maximum atomic E-state index is 4.08. The van der Waals surface area contributed by atoms with Crippen molar-refractivity contribution in [2.24, 2.45) is 0 Å². The van der Waals surface area contributed by atoms with E-state index in [1.165, 1.54) is 0 Å². The Bertz CT molecular complexity index is 199. The first-order chi connectivity index (χ1) is 4.22. The molecule has 1 rings (SSSR count). The molecule has 0 unspecified atom stereocenters. The van der Waals surface area contributed by atoms with Gasteiger partial charge in [-0.15, -0.1) is 22.8 Å². The van der Waals surface area contributed by atoms with Gasteiger partial charge in [-0.1, -0.05) is 0 Å². The van der Waals surface area contributed by atoms with Gasteiger partial charge in [0.1, 0.15) is 6.33 Å². The molecule has 0 N–H and O–H groups in total. The fourth-order valence-electron chi connectivity index (χ4n) is 0.601. The molecule has 0 aromatic carbocycles. The zero-order valence-electron chi connectivity index (χ0n) is 5.44. The zero-order valence-corrected chi connectivity index (χ0v) is 6.34. The molecule has 0 aliphatic rings. The summed E-state index contributed by atoms with van der Waals surface area (Å²) in [5, 5.41) is 8.07. The second kappa shape index (κ2) is 4.38. The Morgan fingerprint density at radius 2 is 2.20 bits per heavy atom. The summed E-state index contributed by atoms with van der Waals surface area (Å²) >= 11 is 4.08. The van der Waals surface area contributed by atoms with E-state index >= 15 is 0 Å². The molecule has 0 saturated carbocycles. The van der Waals surface area contributed by atoms with Crippen molar-refractivity contribution in [2.75, 3.05) is 0 Å². The zero-order chi connectivity index (χ0) is 6.85. The van der Waals surface area contributed by atoms with Crippen molar-refractivity contribution in [1.29, 1.82) is 0 Å². The van der Waals surface area contributed by atoms with Crippen LogP contribution >= 0.6 is 12.6 Å². The van der Waals surface area contributed by atoms with Crippen LogP contribution in [0.4, 0.5) is 0 Å². The maximum absolute atomic E-state index is 4.08. The van der Waals surface area contributed by atoms with Gasteiger partial charge in [0.25, 0.3) is 0 Å². The van der Waals surface area contributed by atoms with Crippen LogP contribution in [0.3, 0.4) is 0 Å². The third kappa shape index (κ3) is 2.27. The molecule has 0 fully saturated rings. The number of rotatable bonds is 1. The van der Waals surface area contributed by atoms with Crippen LogP contribution in [0.2, 0.25) is 0 Å². The molecule has 0 bridgehead atoms. The molecule has 0 radical (unpaired) electrons. The topological polar surface area (TPSA) is 30.7 Å². The molecule has 0 saturated heterocycles. The summed E-state index contributed by atoms with van der Waals surface area (Å²) in [5.41, 5.74) is 0. The van der Waals surface area contributed by atoms with Gasteiger partial charge >= 0.3 is 29.6 Å². The normalized spacial score (nSPS) is 9.60. The van der Waals surface area contributed by atoms with E-state index in [0.717, 1.165) is 0 Å². The summed E-state index contributed by atoms with van der Waals surface area (Å²) < 4.78 is 1.89. The van der Waals surface area contributed by atoms with Gasteiger partial charge in [0.05, 0.1) is 0 Å². The van der Waals surface area contributed by atoms with Gasteiger partial charge in [0, 0.05) is 6.04 Å². The van der Waals surface area contributed by atoms with E-state index in [0.29, 0.717) is 11.2 Å². The Kier molecular flexibility index (Phi) is 4.60. The van der Waals surface area contributed by atoms with Crippen LogP contribution in [0, 0.1) is 0 Å². The van der Waals surface area contributed by atoms with Crippen LogP contribution in [-0.2, 0) is 0 Å². The first-order valence-electron chi connectivity index (χ1n) is 2.80. The van der Waals surface area contributed by atoms with E-state index in [2.05, 4.69) is 36.7 Å². The Labute approximate surface area is 87.9 Å². The molecular weight excluding hydrogens is 157 g/mol. The van der Waals surface area contributed by atoms with E-state index in [1.54, 1.807) is 6.33 Å². The van der Waals surface area contributed by atoms with Gasteiger partial charge in [-0.3, -0.25) is 0 Å². The number of thiol groups is 1. The molecule has 1 aromatic rings. The molecule has 0 amide bonds. The average Bonchev–Trinajstić information content (AvgIpc) is 2.13. The van der Waals surface area contributed by atoms with Crippen molar-refractivity contribution in [3.05, 3.63) is 6.33 Å². The van der Waals surface area contributed by atoms with E-state index in [4.69, 9.17) is 0 Å². The van der Waals surface area contributed by atoms with Crippen LogP contribution in [0.15, 0.2) is 11.5 Å². The van der Waals surface area contributed by atoms with Crippen molar-refractivity contribution in [3.63, 3.8) is 0 Å². The summed E-state index contributed by atoms with van der Waals surface area (Å²) in [6.45, 7) is 4.12. The molecule has 0 spiro atoms. The van der Waals surface area contributed by atoms with Gasteiger partial charge in [-0.25, -0.2) is 0 Å². The molecule has 1 heterocycles. The molecule has 10 heavy (non-hydrogen) atoms. The van der Waals surface area contributed by atoms with Gasteiger partial charge in [0.2, 0.25) is 0 Å². The monoisotopic (exact) mass is 167 g/mol. The first kappa shape index (κ1) is 10.5. The molecule has 3 nitrogen and oxygen atoms in total. The van der Waals surface area contributed by atoms with Gasteiger partial charge < -0.3 is 4.57 Å². The van der Waals surface area contributed by atoms with E-state index in [1.807, 2.05) is 4.57 Å². The fourth-order valence-corrected chi connectivity index (χ4v) is 0.935. The van der Waals surface area contributed by atoms with Crippen molar-refractivity contribution < 1.29 is 0 Å². The Morgan fingerprint density at radius 1 is 1.60 bits per heavy atom. The molecule has 0 aliphatic carbocycles. The molecule has 1 aromatic heterocycles. The summed E-state index contributed by atoms with van der Waals surface area (Å²) in [6.07, 6.45) is 1.67. The summed E-state index contributed by atoms with van der Waals surface area (Å²) in [7, 11) is 0. The van der Waals surface area contributed by atoms with Gasteiger partial charge in [-0.2, -0.15) is 0 Å². The Hall–Kier alpha value is 0.490. The minimum absolute atomic E-state index is 0. The molecule has 0 aliphatic heterocycles. The Balaban J connectivity index is 0.000000810. The summed E-state index contributed by atoms with van der Waals surface area (Å²) in [4.78, 5) is 0. The number of nitrogens with zero attached hydrogens (tertiary/aromatic N) is 3.